The second-order valence-corrected chi connectivity index (χ2v) is 14.3. The van der Waals surface area contributed by atoms with E-state index in [1.54, 1.807) is 17.3 Å². The molecule has 1 aliphatic rings. The van der Waals surface area contributed by atoms with Crippen molar-refractivity contribution in [1.29, 1.82) is 0 Å². The predicted octanol–water partition coefficient (Wildman–Crippen LogP) is 8.13. The monoisotopic (exact) mass is 687 g/mol. The van der Waals surface area contributed by atoms with Crippen LogP contribution in [0, 0.1) is 6.92 Å². The Hall–Kier alpha value is -4.61. The van der Waals surface area contributed by atoms with Crippen LogP contribution in [0.3, 0.4) is 0 Å². The van der Waals surface area contributed by atoms with E-state index in [4.69, 9.17) is 31.5 Å². The number of fused-ring (bicyclic) bond motifs is 1. The molecule has 2 N–H and O–H groups in total. The Kier molecular flexibility index (Phi) is 9.35. The molecule has 0 radical (unpaired) electrons. The van der Waals surface area contributed by atoms with E-state index in [1.165, 1.54) is 11.3 Å². The maximum atomic E-state index is 12.5. The first-order valence-electron chi connectivity index (χ1n) is 15.8. The third-order valence-corrected chi connectivity index (χ3v) is 9.60. The van der Waals surface area contributed by atoms with Crippen molar-refractivity contribution in [3.05, 3.63) is 88.3 Å². The van der Waals surface area contributed by atoms with Crippen LogP contribution in [-0.4, -0.2) is 56.2 Å². The molecule has 12 heteroatoms. The lowest BCUT2D eigenvalue weighted by Gasteiger charge is -2.33. The molecule has 1 fully saturated rings. The van der Waals surface area contributed by atoms with Crippen molar-refractivity contribution in [3.8, 4) is 27.6 Å². The van der Waals surface area contributed by atoms with Gasteiger partial charge in [0.2, 0.25) is 0 Å². The van der Waals surface area contributed by atoms with Gasteiger partial charge in [0.1, 0.15) is 45.5 Å². The van der Waals surface area contributed by atoms with E-state index < -0.39 is 17.6 Å². The Labute approximate surface area is 288 Å². The Bertz CT molecular complexity index is 1960. The molecule has 3 aromatic heterocycles. The van der Waals surface area contributed by atoms with Crippen LogP contribution >= 0.6 is 22.9 Å². The van der Waals surface area contributed by atoms with Crippen molar-refractivity contribution in [2.45, 2.75) is 65.3 Å². The molecule has 0 saturated carbocycles. The number of rotatable bonds is 8. The van der Waals surface area contributed by atoms with E-state index in [0.717, 1.165) is 32.9 Å². The highest BCUT2D eigenvalue weighted by molar-refractivity contribution is 7.16. The number of primary amides is 1. The quantitative estimate of drug-likeness (QED) is 0.175. The van der Waals surface area contributed by atoms with Gasteiger partial charge in [0.05, 0.1) is 16.1 Å². The molecule has 1 saturated heterocycles. The molecule has 0 spiro atoms. The van der Waals surface area contributed by atoms with E-state index in [2.05, 4.69) is 9.97 Å². The number of amides is 2. The van der Waals surface area contributed by atoms with Crippen LogP contribution in [0.15, 0.2) is 67.1 Å². The van der Waals surface area contributed by atoms with Crippen LogP contribution in [0.4, 0.5) is 4.79 Å². The van der Waals surface area contributed by atoms with Gasteiger partial charge in [0, 0.05) is 55.0 Å². The topological polar surface area (TPSA) is 122 Å². The predicted molar refractivity (Wildman–Crippen MR) is 187 cm³/mol. The van der Waals surface area contributed by atoms with Crippen LogP contribution in [0.2, 0.25) is 5.02 Å². The Morgan fingerprint density at radius 2 is 1.77 bits per heavy atom. The number of thiophene rings is 1. The molecule has 1 unspecified atom stereocenters. The molecule has 1 aliphatic heterocycles. The second kappa shape index (κ2) is 13.5. The van der Waals surface area contributed by atoms with Crippen molar-refractivity contribution in [2.75, 3.05) is 13.1 Å². The van der Waals surface area contributed by atoms with Gasteiger partial charge in [-0.2, -0.15) is 0 Å². The number of halogens is 1. The number of ether oxygens (including phenoxy) is 3. The maximum Gasteiger partial charge on any atom is 0.410 e. The molecular weight excluding hydrogens is 650 g/mol. The number of likely N-dealkylation sites (tertiary alicyclic amines) is 1. The van der Waals surface area contributed by atoms with Crippen LogP contribution in [-0.2, 0) is 4.74 Å². The molecule has 1 atom stereocenters. The molecule has 250 valence electrons. The van der Waals surface area contributed by atoms with E-state index in [0.29, 0.717) is 52.9 Å². The maximum absolute atomic E-state index is 12.5. The van der Waals surface area contributed by atoms with Crippen LogP contribution in [0.1, 0.15) is 67.6 Å². The number of carbonyl (C=O) groups excluding carboxylic acids is 2. The van der Waals surface area contributed by atoms with Gasteiger partial charge in [0.15, 0.2) is 0 Å². The largest absolute Gasteiger partial charge is 0.489 e. The summed E-state index contributed by atoms with van der Waals surface area (Å²) in [6.07, 6.45) is 3.93. The summed E-state index contributed by atoms with van der Waals surface area (Å²) in [4.78, 5) is 36.0. The lowest BCUT2D eigenvalue weighted by atomic mass is 10.1. The normalized spacial score (nSPS) is 14.6. The highest BCUT2D eigenvalue weighted by Crippen LogP contribution is 2.39. The molecule has 0 aliphatic carbocycles. The highest BCUT2D eigenvalue weighted by atomic mass is 35.5. The van der Waals surface area contributed by atoms with Gasteiger partial charge in [-0.25, -0.2) is 9.78 Å². The van der Waals surface area contributed by atoms with Gasteiger partial charge in [-0.1, -0.05) is 35.9 Å². The minimum Gasteiger partial charge on any atom is -0.489 e. The van der Waals surface area contributed by atoms with Crippen molar-refractivity contribution < 1.29 is 23.8 Å². The summed E-state index contributed by atoms with van der Waals surface area (Å²) in [5, 5.41) is 1.16. The summed E-state index contributed by atoms with van der Waals surface area (Å²) in [7, 11) is 0. The molecular formula is C36H38ClN5O5S. The average molecular weight is 688 g/mol. The number of pyridine rings is 1. The summed E-state index contributed by atoms with van der Waals surface area (Å²) < 4.78 is 20.1. The summed E-state index contributed by atoms with van der Waals surface area (Å²) >= 11 is 8.10. The first-order chi connectivity index (χ1) is 22.9. The average Bonchev–Trinajstić information content (AvgIpc) is 3.66. The molecule has 2 amide bonds. The number of carbonyl (C=O) groups is 2. The number of nitrogens with zero attached hydrogens (tertiary/aromatic N) is 4. The summed E-state index contributed by atoms with van der Waals surface area (Å²) in [6.45, 7) is 10.4. The highest BCUT2D eigenvalue weighted by Gasteiger charge is 2.29. The number of aryl methyl sites for hydroxylation is 1. The zero-order valence-electron chi connectivity index (χ0n) is 27.5. The number of hydrogen-bond acceptors (Lipinski definition) is 8. The van der Waals surface area contributed by atoms with Crippen molar-refractivity contribution in [2.24, 2.45) is 5.73 Å². The molecule has 5 aromatic rings. The fraction of sp³-hybridized carbons (Fsp3) is 0.333. The Morgan fingerprint density at radius 3 is 2.46 bits per heavy atom. The van der Waals surface area contributed by atoms with Gasteiger partial charge in [-0.3, -0.25) is 14.3 Å². The molecule has 0 bridgehead atoms. The van der Waals surface area contributed by atoms with Gasteiger partial charge < -0.3 is 24.8 Å². The smallest absolute Gasteiger partial charge is 0.410 e. The van der Waals surface area contributed by atoms with Crippen LogP contribution in [0.25, 0.3) is 27.2 Å². The fourth-order valence-electron chi connectivity index (χ4n) is 5.60. The zero-order chi connectivity index (χ0) is 34.2. The summed E-state index contributed by atoms with van der Waals surface area (Å²) in [6, 6.07) is 17.4. The fourth-order valence-corrected chi connectivity index (χ4v) is 6.85. The molecule has 6 rings (SSSR count). The first-order valence-corrected chi connectivity index (χ1v) is 17.0. The third kappa shape index (κ3) is 7.27. The van der Waals surface area contributed by atoms with E-state index >= 15 is 0 Å². The third-order valence-electron chi connectivity index (χ3n) is 8.06. The number of hydrogen-bond donors (Lipinski definition) is 1. The summed E-state index contributed by atoms with van der Waals surface area (Å²) in [5.41, 5.74) is 10.6. The molecule has 48 heavy (non-hydrogen) atoms. The first kappa shape index (κ1) is 33.3. The van der Waals surface area contributed by atoms with E-state index in [1.807, 2.05) is 93.9 Å². The number of imidazole rings is 1. The van der Waals surface area contributed by atoms with Gasteiger partial charge in [-0.15, -0.1) is 11.3 Å². The second-order valence-electron chi connectivity index (χ2n) is 12.9. The SMILES string of the molecule is Cc1ccc(-c2ccc3c(c2)ncn3-c2cc(OC(C)c3cccc(OC4CCN(C(=O)OC(C)(C)C)CC4)c3Cl)c(C(N)=O)s2)cn1. The zero-order valence-corrected chi connectivity index (χ0v) is 29.1. The Balaban J connectivity index is 1.17. The molecule has 4 heterocycles. The lowest BCUT2D eigenvalue weighted by molar-refractivity contribution is 0.0126. The van der Waals surface area contributed by atoms with E-state index in [9.17, 15) is 9.59 Å². The van der Waals surface area contributed by atoms with E-state index in [-0.39, 0.29) is 12.2 Å². The van der Waals surface area contributed by atoms with Crippen LogP contribution < -0.4 is 15.2 Å². The molecule has 10 nitrogen and oxygen atoms in total. The minimum absolute atomic E-state index is 0.108. The van der Waals surface area contributed by atoms with Crippen LogP contribution in [0.5, 0.6) is 11.5 Å². The van der Waals surface area contributed by atoms with Crippen molar-refractivity contribution in [1.82, 2.24) is 19.4 Å². The number of nitrogens with two attached hydrogens (primary N) is 1. The van der Waals surface area contributed by atoms with Gasteiger partial charge in [0.25, 0.3) is 5.91 Å². The number of piperidine rings is 1. The number of aromatic nitrogens is 3. The van der Waals surface area contributed by atoms with Crippen molar-refractivity contribution >= 4 is 46.0 Å². The standard InChI is InChI=1S/C36H38ClN5O5S/c1-21-9-10-24(19-39-21)23-11-12-28-27(17-23)40-20-42(28)31-18-30(33(48-31)34(38)43)45-22(2)26-7-6-8-29(32(26)37)46-25-13-15-41(16-14-25)35(44)47-36(3,4)5/h6-12,17-20,22,25H,13-16H2,1-5H3,(H2,38,43). The molecule has 2 aromatic carbocycles. The van der Waals surface area contributed by atoms with Gasteiger partial charge >= 0.3 is 6.09 Å². The Morgan fingerprint density at radius 1 is 1.02 bits per heavy atom. The number of benzene rings is 2. The lowest BCUT2D eigenvalue weighted by Crippen LogP contribution is -2.44. The summed E-state index contributed by atoms with van der Waals surface area (Å²) in [5.74, 6) is 0.302. The minimum atomic E-state index is -0.590. The van der Waals surface area contributed by atoms with Gasteiger partial charge in [-0.05, 0) is 64.4 Å². The van der Waals surface area contributed by atoms with Crippen molar-refractivity contribution in [3.63, 3.8) is 0 Å².